The van der Waals surface area contributed by atoms with E-state index in [2.05, 4.69) is 108 Å². The Morgan fingerprint density at radius 1 is 0.667 bits per heavy atom. The fourth-order valence-electron chi connectivity index (χ4n) is 4.85. The molecule has 0 fully saturated rings. The molecule has 54 heavy (non-hydrogen) atoms. The first-order chi connectivity index (χ1) is 26.0. The number of hydrogen-bond acceptors (Lipinski definition) is 16. The normalized spacial score (nSPS) is 11.2. The van der Waals surface area contributed by atoms with Gasteiger partial charge in [0.15, 0.2) is 11.5 Å². The lowest BCUT2D eigenvalue weighted by Gasteiger charge is -2.06. The Morgan fingerprint density at radius 2 is 1.17 bits per heavy atom. The lowest BCUT2D eigenvalue weighted by molar-refractivity contribution is 0.577. The van der Waals surface area contributed by atoms with Crippen molar-refractivity contribution in [3.05, 3.63) is 108 Å². The number of benzene rings is 2. The zero-order chi connectivity index (χ0) is 38.2. The van der Waals surface area contributed by atoms with E-state index in [1.807, 2.05) is 0 Å². The average molecular weight is 751 g/mol. The molecule has 0 aliphatic carbocycles. The van der Waals surface area contributed by atoms with Gasteiger partial charge in [0.1, 0.15) is 0 Å². The van der Waals surface area contributed by atoms with E-state index in [1.54, 1.807) is 30.5 Å². The van der Waals surface area contributed by atoms with Gasteiger partial charge in [-0.25, -0.2) is 8.42 Å². The molecular weight excluding hydrogens is 713 g/mol. The summed E-state index contributed by atoms with van der Waals surface area (Å²) in [6, 6.07) is 23.8. The van der Waals surface area contributed by atoms with Crippen molar-refractivity contribution < 1.29 is 17.3 Å². The van der Waals surface area contributed by atoms with Gasteiger partial charge in [0.05, 0.1) is 12.5 Å². The van der Waals surface area contributed by atoms with Crippen LogP contribution in [0.15, 0.2) is 99.3 Å². The van der Waals surface area contributed by atoms with Crippen LogP contribution in [0.25, 0.3) is 34.7 Å². The molecule has 0 saturated heterocycles. The van der Waals surface area contributed by atoms with Gasteiger partial charge in [-0.15, -0.1) is 10.2 Å². The highest BCUT2D eigenvalue weighted by Gasteiger charge is 2.18. The highest BCUT2D eigenvalue weighted by atomic mass is 32.2. The zero-order valence-electron chi connectivity index (χ0n) is 29.7. The van der Waals surface area contributed by atoms with Crippen molar-refractivity contribution in [2.24, 2.45) is 5.73 Å². The Kier molecular flexibility index (Phi) is 11.2. The van der Waals surface area contributed by atoms with Gasteiger partial charge in [0.2, 0.25) is 39.3 Å². The highest BCUT2D eigenvalue weighted by Crippen LogP contribution is 2.19. The van der Waals surface area contributed by atoms with E-state index in [9.17, 15) is 8.42 Å². The van der Waals surface area contributed by atoms with Crippen LogP contribution in [0.1, 0.15) is 22.3 Å². The standard InChI is InChI=1S/C17H17N7O.C9H8N6O3S.C9H13N/c1-11-4-6-12(7-5-11)8-9-19-16-21-15(18)24-17(22-16)20-14(23-24)13-3-2-10-25-13;1-19(16,17)9-12-7(10)15-8(13-9)11-6(14-15)5-3-2-4-18-5;1-8-2-4-9(5-3-8)6-7-10/h2-7,10H,8-9H2,1H3,(H3,18,19,20,21,22,23);2-4H,1H3,(H2,10,11,12,13,14);2-5H,6-7,10H2,1H3. The van der Waals surface area contributed by atoms with E-state index < -0.39 is 15.0 Å². The molecule has 0 aliphatic heterocycles. The van der Waals surface area contributed by atoms with E-state index in [4.69, 9.17) is 26.0 Å². The van der Waals surface area contributed by atoms with Crippen LogP contribution in [0.2, 0.25) is 0 Å². The van der Waals surface area contributed by atoms with Gasteiger partial charge in [0.25, 0.3) is 16.7 Å². The molecule has 0 saturated carbocycles. The fraction of sp³-hybridized carbons (Fsp3) is 0.200. The van der Waals surface area contributed by atoms with Crippen LogP contribution >= 0.6 is 0 Å². The second-order valence-corrected chi connectivity index (χ2v) is 13.9. The maximum absolute atomic E-state index is 11.4. The minimum absolute atomic E-state index is 0.0410. The van der Waals surface area contributed by atoms with Crippen LogP contribution in [0, 0.1) is 13.8 Å². The van der Waals surface area contributed by atoms with E-state index in [1.165, 1.54) is 33.0 Å². The molecule has 0 aliphatic rings. The average Bonchev–Trinajstić information content (AvgIpc) is 3.97. The maximum atomic E-state index is 11.4. The third-order valence-corrected chi connectivity index (χ3v) is 8.48. The molecule has 8 aromatic rings. The molecule has 6 heterocycles. The van der Waals surface area contributed by atoms with E-state index in [0.717, 1.165) is 30.2 Å². The first-order valence-corrected chi connectivity index (χ1v) is 18.5. The van der Waals surface area contributed by atoms with E-state index in [0.29, 0.717) is 35.6 Å². The van der Waals surface area contributed by atoms with Crippen molar-refractivity contribution in [3.63, 3.8) is 0 Å². The van der Waals surface area contributed by atoms with Crippen molar-refractivity contribution >= 4 is 39.2 Å². The van der Waals surface area contributed by atoms with Gasteiger partial charge in [-0.3, -0.25) is 0 Å². The molecule has 18 nitrogen and oxygen atoms in total. The highest BCUT2D eigenvalue weighted by molar-refractivity contribution is 7.90. The summed E-state index contributed by atoms with van der Waals surface area (Å²) in [7, 11) is -3.57. The van der Waals surface area contributed by atoms with Gasteiger partial charge >= 0.3 is 0 Å². The van der Waals surface area contributed by atoms with Gasteiger partial charge in [-0.05, 0) is 68.6 Å². The Morgan fingerprint density at radius 3 is 1.65 bits per heavy atom. The van der Waals surface area contributed by atoms with E-state index in [-0.39, 0.29) is 23.5 Å². The quantitative estimate of drug-likeness (QED) is 0.164. The number of rotatable bonds is 9. The predicted molar refractivity (Wildman–Crippen MR) is 202 cm³/mol. The molecule has 0 bridgehead atoms. The number of anilines is 3. The Balaban J connectivity index is 0.000000151. The molecule has 0 spiro atoms. The van der Waals surface area contributed by atoms with Crippen LogP contribution in [0.3, 0.4) is 0 Å². The third-order valence-electron chi connectivity index (χ3n) is 7.63. The zero-order valence-corrected chi connectivity index (χ0v) is 30.5. The SMILES string of the molecule is CS(=O)(=O)c1nc(N)n2nc(-c3ccco3)nc2n1.Cc1ccc(CCN)cc1.Cc1ccc(CCNc2nc(N)n3nc(-c4ccco4)nc3n2)cc1. The number of nitrogens with two attached hydrogens (primary N) is 3. The molecule has 2 aromatic carbocycles. The predicted octanol–water partition coefficient (Wildman–Crippen LogP) is 3.59. The summed E-state index contributed by atoms with van der Waals surface area (Å²) in [6.07, 6.45) is 5.87. The van der Waals surface area contributed by atoms with Crippen molar-refractivity contribution in [2.45, 2.75) is 31.8 Å². The summed E-state index contributed by atoms with van der Waals surface area (Å²) in [4.78, 5) is 24.5. The molecule has 0 atom stereocenters. The van der Waals surface area contributed by atoms with Crippen molar-refractivity contribution in [1.29, 1.82) is 0 Å². The number of nitrogens with one attached hydrogen (secondary N) is 1. The first-order valence-electron chi connectivity index (χ1n) is 16.6. The third kappa shape index (κ3) is 9.19. The number of furan rings is 2. The summed E-state index contributed by atoms with van der Waals surface area (Å²) >= 11 is 0. The lowest BCUT2D eigenvalue weighted by Crippen LogP contribution is -2.12. The number of aromatic nitrogens is 10. The van der Waals surface area contributed by atoms with Crippen molar-refractivity contribution in [1.82, 2.24) is 49.1 Å². The van der Waals surface area contributed by atoms with Crippen LogP contribution in [-0.2, 0) is 22.7 Å². The van der Waals surface area contributed by atoms with Crippen molar-refractivity contribution in [2.75, 3.05) is 36.1 Å². The summed E-state index contributed by atoms with van der Waals surface area (Å²) in [6.45, 7) is 5.59. The van der Waals surface area contributed by atoms with Crippen molar-refractivity contribution in [3.8, 4) is 23.2 Å². The summed E-state index contributed by atoms with van der Waals surface area (Å²) in [5.74, 6) is 2.58. The molecule has 19 heteroatoms. The topological polar surface area (TPSA) is 262 Å². The van der Waals surface area contributed by atoms with E-state index >= 15 is 0 Å². The fourth-order valence-corrected chi connectivity index (χ4v) is 5.36. The minimum Gasteiger partial charge on any atom is -0.461 e. The van der Waals surface area contributed by atoms with Crippen LogP contribution < -0.4 is 22.5 Å². The van der Waals surface area contributed by atoms with Gasteiger partial charge in [0, 0.05) is 12.8 Å². The monoisotopic (exact) mass is 750 g/mol. The summed E-state index contributed by atoms with van der Waals surface area (Å²) in [5.41, 5.74) is 22.1. The second-order valence-electron chi connectivity index (χ2n) is 12.0. The number of hydrogen-bond donors (Lipinski definition) is 4. The van der Waals surface area contributed by atoms with Crippen LogP contribution in [0.4, 0.5) is 17.8 Å². The molecule has 278 valence electrons. The maximum Gasteiger partial charge on any atom is 0.259 e. The van der Waals surface area contributed by atoms with Gasteiger partial charge in [-0.1, -0.05) is 59.7 Å². The number of aryl methyl sites for hydroxylation is 2. The minimum atomic E-state index is -3.57. The molecule has 8 rings (SSSR count). The molecular formula is C35H38N14O4S. The number of nitrogen functional groups attached to an aromatic ring is 2. The molecule has 0 unspecified atom stereocenters. The molecule has 7 N–H and O–H groups in total. The number of sulfone groups is 1. The summed E-state index contributed by atoms with van der Waals surface area (Å²) < 4.78 is 35.8. The van der Waals surface area contributed by atoms with Gasteiger partial charge < -0.3 is 31.4 Å². The van der Waals surface area contributed by atoms with Crippen LogP contribution in [0.5, 0.6) is 0 Å². The smallest absolute Gasteiger partial charge is 0.259 e. The lowest BCUT2D eigenvalue weighted by atomic mass is 10.1. The Labute approximate surface area is 309 Å². The molecule has 6 aromatic heterocycles. The Bertz CT molecular complexity index is 2550. The number of nitrogens with zero attached hydrogens (tertiary/aromatic N) is 10. The largest absolute Gasteiger partial charge is 0.461 e. The molecule has 0 amide bonds. The van der Waals surface area contributed by atoms with Crippen LogP contribution in [-0.4, -0.2) is 76.9 Å². The summed E-state index contributed by atoms with van der Waals surface area (Å²) in [5, 5.41) is 11.1. The number of fused-ring (bicyclic) bond motifs is 2. The molecule has 0 radical (unpaired) electrons. The Hall–Kier alpha value is -6.73. The van der Waals surface area contributed by atoms with Gasteiger partial charge in [-0.2, -0.15) is 38.9 Å². The first kappa shape index (κ1) is 37.0. The second kappa shape index (κ2) is 16.3.